The van der Waals surface area contributed by atoms with E-state index < -0.39 is 96.2 Å². The number of carbonyl (C=O) groups is 8. The number of carbonyl (C=O) groups excluding carboxylic acids is 7. The van der Waals surface area contributed by atoms with E-state index in [0.29, 0.717) is 12.8 Å². The first kappa shape index (κ1) is 50.4. The lowest BCUT2D eigenvalue weighted by molar-refractivity contribution is -0.149. The Morgan fingerprint density at radius 1 is 0.667 bits per heavy atom. The molecule has 2 fully saturated rings. The summed E-state index contributed by atoms with van der Waals surface area (Å²) in [6, 6.07) is -8.56. The zero-order valence-electron chi connectivity index (χ0n) is 34.3. The van der Waals surface area contributed by atoms with Gasteiger partial charge in [-0.1, -0.05) is 13.8 Å². The van der Waals surface area contributed by atoms with E-state index >= 15 is 0 Å². The minimum absolute atomic E-state index is 0.00665. The average molecular weight is 853 g/mol. The van der Waals surface area contributed by atoms with Crippen molar-refractivity contribution in [3.05, 3.63) is 0 Å². The van der Waals surface area contributed by atoms with Crippen LogP contribution in [0.15, 0.2) is 9.98 Å². The molecule has 0 unspecified atom stereocenters. The molecule has 338 valence electrons. The number of nitrogens with two attached hydrogens (primary N) is 6. The Hall–Kier alpha value is -5.78. The van der Waals surface area contributed by atoms with Gasteiger partial charge < -0.3 is 75.7 Å². The van der Waals surface area contributed by atoms with Crippen LogP contribution >= 0.6 is 0 Å². The summed E-state index contributed by atoms with van der Waals surface area (Å²) in [7, 11) is 0. The normalized spacial score (nSPS) is 18.6. The number of carboxylic acids is 1. The van der Waals surface area contributed by atoms with Crippen molar-refractivity contribution >= 4 is 59.2 Å². The second-order valence-corrected chi connectivity index (χ2v) is 15.3. The molecule has 0 radical (unpaired) electrons. The zero-order chi connectivity index (χ0) is 45.1. The summed E-state index contributed by atoms with van der Waals surface area (Å²) >= 11 is 0. The minimum atomic E-state index is -1.39. The number of carboxylic acid groups (broad SMARTS) is 1. The number of nitrogens with zero attached hydrogens (tertiary/aromatic N) is 4. The molecule has 0 spiro atoms. The lowest BCUT2D eigenvalue weighted by atomic mass is 10.0. The second-order valence-electron chi connectivity index (χ2n) is 15.3. The second kappa shape index (κ2) is 25.0. The van der Waals surface area contributed by atoms with Crippen LogP contribution in [0.1, 0.15) is 84.5 Å². The van der Waals surface area contributed by atoms with E-state index in [4.69, 9.17) is 34.4 Å². The molecule has 0 aliphatic carbocycles. The van der Waals surface area contributed by atoms with Crippen LogP contribution in [0.25, 0.3) is 0 Å². The summed E-state index contributed by atoms with van der Waals surface area (Å²) in [6.45, 7) is 3.40. The highest BCUT2D eigenvalue weighted by Crippen LogP contribution is 2.22. The Kier molecular flexibility index (Phi) is 21.0. The largest absolute Gasteiger partial charge is 0.480 e. The number of aliphatic hydroxyl groups excluding tert-OH is 1. The summed E-state index contributed by atoms with van der Waals surface area (Å²) < 4.78 is 0. The average Bonchev–Trinajstić information content (AvgIpc) is 3.88. The maximum atomic E-state index is 14.3. The third-order valence-electron chi connectivity index (χ3n) is 9.97. The fourth-order valence-electron chi connectivity index (χ4n) is 6.95. The zero-order valence-corrected chi connectivity index (χ0v) is 34.3. The topological polar surface area (TPSA) is 412 Å². The predicted molar refractivity (Wildman–Crippen MR) is 218 cm³/mol. The highest BCUT2D eigenvalue weighted by molar-refractivity contribution is 5.97. The lowest BCUT2D eigenvalue weighted by Crippen LogP contribution is -2.59. The number of hydrogen-bond donors (Lipinski definition) is 12. The van der Waals surface area contributed by atoms with E-state index in [1.54, 1.807) is 0 Å². The molecule has 2 rings (SSSR count). The first-order valence-electron chi connectivity index (χ1n) is 20.1. The van der Waals surface area contributed by atoms with Crippen molar-refractivity contribution in [2.45, 2.75) is 127 Å². The Balaban J connectivity index is 2.36. The van der Waals surface area contributed by atoms with Crippen molar-refractivity contribution in [1.82, 2.24) is 31.1 Å². The molecule has 7 amide bonds. The molecule has 18 N–H and O–H groups in total. The van der Waals surface area contributed by atoms with Crippen LogP contribution in [-0.2, 0) is 38.4 Å². The molecule has 24 heteroatoms. The van der Waals surface area contributed by atoms with Gasteiger partial charge >= 0.3 is 5.97 Å². The number of rotatable bonds is 25. The summed E-state index contributed by atoms with van der Waals surface area (Å²) in [5, 5.41) is 29.5. The van der Waals surface area contributed by atoms with Crippen LogP contribution in [0.5, 0.6) is 0 Å². The van der Waals surface area contributed by atoms with Crippen LogP contribution in [0.2, 0.25) is 0 Å². The van der Waals surface area contributed by atoms with Crippen molar-refractivity contribution in [3.8, 4) is 0 Å². The maximum Gasteiger partial charge on any atom is 0.326 e. The quantitative estimate of drug-likeness (QED) is 0.0232. The molecular weight excluding hydrogens is 788 g/mol. The molecule has 2 heterocycles. The molecule has 2 saturated heterocycles. The molecule has 0 bridgehead atoms. The van der Waals surface area contributed by atoms with Crippen molar-refractivity contribution in [2.24, 2.45) is 50.3 Å². The summed E-state index contributed by atoms with van der Waals surface area (Å²) in [5.41, 5.74) is 32.7. The number of guanidine groups is 2. The van der Waals surface area contributed by atoms with E-state index in [9.17, 15) is 48.6 Å². The highest BCUT2D eigenvalue weighted by atomic mass is 16.4. The van der Waals surface area contributed by atoms with Crippen molar-refractivity contribution in [1.29, 1.82) is 0 Å². The number of aliphatic hydroxyl groups is 1. The summed E-state index contributed by atoms with van der Waals surface area (Å²) in [6.07, 6.45) is 1.26. The molecule has 2 aliphatic heterocycles. The summed E-state index contributed by atoms with van der Waals surface area (Å²) in [5.74, 6) is -6.85. The number of amides is 7. The Bertz CT molecular complexity index is 1590. The van der Waals surface area contributed by atoms with Crippen LogP contribution in [-0.4, -0.2) is 154 Å². The molecular formula is C36H64N14O10. The first-order chi connectivity index (χ1) is 28.3. The van der Waals surface area contributed by atoms with Gasteiger partial charge in [0.05, 0.1) is 6.61 Å². The van der Waals surface area contributed by atoms with Gasteiger partial charge in [0.25, 0.3) is 0 Å². The van der Waals surface area contributed by atoms with E-state index in [1.807, 2.05) is 13.8 Å². The Morgan fingerprint density at radius 3 is 1.63 bits per heavy atom. The van der Waals surface area contributed by atoms with Gasteiger partial charge in [-0.3, -0.25) is 43.5 Å². The smallest absolute Gasteiger partial charge is 0.326 e. The molecule has 0 aromatic heterocycles. The van der Waals surface area contributed by atoms with Gasteiger partial charge in [0.15, 0.2) is 11.9 Å². The predicted octanol–water partition coefficient (Wildman–Crippen LogP) is -5.27. The fraction of sp³-hybridized carbons (Fsp3) is 0.722. The van der Waals surface area contributed by atoms with Crippen molar-refractivity contribution < 1.29 is 48.6 Å². The fourth-order valence-corrected chi connectivity index (χ4v) is 6.95. The molecule has 24 nitrogen and oxygen atoms in total. The standard InChI is InChI=1S/C36H64N14O10/c1-19(2)17-24(33(58)50-16-6-10-26(50)34(59)60)48-30(55)22(11-12-27(38)52)46-31(56)25-9-5-15-49(25)32(57)23(8-4-14-44-36(41)42)47-29(54)21(7-3-13-43-35(39)40)45-28(53)20(37)18-51/h19-26,51H,3-18,37H2,1-2H3,(H2,38,52)(H,45,53)(H,46,56)(H,47,54)(H,48,55)(H,59,60)(H4,39,40,43)(H4,41,42,44)/t20-,21-,22-,23-,24-,25-,26-/m0/s1. The number of nitrogens with one attached hydrogen (secondary N) is 4. The van der Waals surface area contributed by atoms with E-state index in [2.05, 4.69) is 31.3 Å². The van der Waals surface area contributed by atoms with Crippen molar-refractivity contribution in [2.75, 3.05) is 32.8 Å². The monoisotopic (exact) mass is 852 g/mol. The molecule has 7 atom stereocenters. The van der Waals surface area contributed by atoms with Crippen LogP contribution in [0.3, 0.4) is 0 Å². The number of aliphatic carboxylic acids is 1. The van der Waals surface area contributed by atoms with Crippen LogP contribution in [0, 0.1) is 5.92 Å². The third-order valence-corrected chi connectivity index (χ3v) is 9.97. The van der Waals surface area contributed by atoms with Crippen LogP contribution in [0.4, 0.5) is 0 Å². The van der Waals surface area contributed by atoms with E-state index in [0.717, 1.165) is 0 Å². The molecule has 2 aliphatic rings. The molecule has 0 saturated carbocycles. The van der Waals surface area contributed by atoms with Gasteiger partial charge in [-0.05, 0) is 70.1 Å². The lowest BCUT2D eigenvalue weighted by Gasteiger charge is -2.31. The molecule has 0 aromatic rings. The van der Waals surface area contributed by atoms with Gasteiger partial charge in [-0.2, -0.15) is 0 Å². The molecule has 0 aromatic carbocycles. The third kappa shape index (κ3) is 16.5. The van der Waals surface area contributed by atoms with E-state index in [-0.39, 0.29) is 102 Å². The maximum absolute atomic E-state index is 14.3. The van der Waals surface area contributed by atoms with E-state index in [1.165, 1.54) is 9.80 Å². The van der Waals surface area contributed by atoms with Gasteiger partial charge in [-0.25, -0.2) is 4.79 Å². The first-order valence-corrected chi connectivity index (χ1v) is 20.1. The summed E-state index contributed by atoms with van der Waals surface area (Å²) in [4.78, 5) is 116. The van der Waals surface area contributed by atoms with Gasteiger partial charge in [0.2, 0.25) is 41.4 Å². The number of aliphatic imine (C=N–C) groups is 2. The van der Waals surface area contributed by atoms with Crippen LogP contribution < -0.4 is 55.7 Å². The SMILES string of the molecule is CC(C)C[C@H](NC(=O)[C@H](CCC(N)=O)NC(=O)[C@@H]1CCCN1C(=O)[C@H](CCCN=C(N)N)NC(=O)[C@H](CCCN=C(N)N)NC(=O)[C@@H](N)CO)C(=O)N1CCC[C@H]1C(=O)O. The number of hydrogen-bond acceptors (Lipinski definition) is 12. The highest BCUT2D eigenvalue weighted by Gasteiger charge is 2.41. The molecule has 60 heavy (non-hydrogen) atoms. The Morgan fingerprint density at radius 2 is 1.13 bits per heavy atom. The number of likely N-dealkylation sites (tertiary alicyclic amines) is 2. The van der Waals surface area contributed by atoms with Gasteiger partial charge in [0, 0.05) is 32.6 Å². The van der Waals surface area contributed by atoms with Crippen molar-refractivity contribution in [3.63, 3.8) is 0 Å². The van der Waals surface area contributed by atoms with Gasteiger partial charge in [-0.15, -0.1) is 0 Å². The number of primary amides is 1. The minimum Gasteiger partial charge on any atom is -0.480 e. The van der Waals surface area contributed by atoms with Gasteiger partial charge in [0.1, 0.15) is 42.3 Å². The Labute approximate surface area is 348 Å².